The molecule has 1 heterocycles. The van der Waals surface area contributed by atoms with E-state index in [0.717, 1.165) is 6.21 Å². The van der Waals surface area contributed by atoms with Gasteiger partial charge in [-0.25, -0.2) is 9.97 Å². The van der Waals surface area contributed by atoms with E-state index in [1.807, 2.05) is 6.92 Å². The lowest BCUT2D eigenvalue weighted by molar-refractivity contribution is 0.680. The Labute approximate surface area is 90.3 Å². The molecule has 0 aliphatic carbocycles. The molecule has 0 aliphatic heterocycles. The first-order valence-electron chi connectivity index (χ1n) is 4.35. The van der Waals surface area contributed by atoms with Gasteiger partial charge in [0.2, 0.25) is 5.16 Å². The smallest absolute Gasteiger partial charge is 0.222 e. The second-order valence-corrected chi connectivity index (χ2v) is 4.06. The first-order chi connectivity index (χ1) is 7.10. The maximum Gasteiger partial charge on any atom is 0.222 e. The summed E-state index contributed by atoms with van der Waals surface area (Å²) in [5.41, 5.74) is 6.05. The quantitative estimate of drug-likeness (QED) is 0.504. The van der Waals surface area contributed by atoms with Gasteiger partial charge in [-0.05, 0) is 6.92 Å². The fourth-order valence-electron chi connectivity index (χ4n) is 1.04. The van der Waals surface area contributed by atoms with Crippen molar-refractivity contribution < 1.29 is 4.21 Å². The lowest BCUT2D eigenvalue weighted by Crippen LogP contribution is -2.11. The van der Waals surface area contributed by atoms with Gasteiger partial charge in [0.25, 0.3) is 0 Å². The van der Waals surface area contributed by atoms with Gasteiger partial charge in [-0.1, -0.05) is 0 Å². The van der Waals surface area contributed by atoms with Crippen molar-refractivity contribution in [2.24, 2.45) is 0 Å². The SMILES string of the molecule is CCNc1nc(S(C)=O)nc(N)c1C=N. The van der Waals surface area contributed by atoms with Crippen LogP contribution in [0.15, 0.2) is 5.16 Å². The summed E-state index contributed by atoms with van der Waals surface area (Å²) in [4.78, 5) is 7.90. The van der Waals surface area contributed by atoms with Crippen molar-refractivity contribution >= 4 is 28.6 Å². The van der Waals surface area contributed by atoms with Crippen LogP contribution in [0.3, 0.4) is 0 Å². The zero-order chi connectivity index (χ0) is 11.4. The summed E-state index contributed by atoms with van der Waals surface area (Å²) in [6.07, 6.45) is 2.56. The average Bonchev–Trinajstić information content (AvgIpc) is 2.17. The number of anilines is 2. The van der Waals surface area contributed by atoms with E-state index in [2.05, 4.69) is 15.3 Å². The molecule has 4 N–H and O–H groups in total. The van der Waals surface area contributed by atoms with Gasteiger partial charge in [0, 0.05) is 19.0 Å². The summed E-state index contributed by atoms with van der Waals surface area (Å²) in [7, 11) is -1.28. The third-order valence-corrected chi connectivity index (χ3v) is 2.40. The maximum atomic E-state index is 11.2. The van der Waals surface area contributed by atoms with Gasteiger partial charge in [-0.2, -0.15) is 0 Å². The second kappa shape index (κ2) is 4.83. The van der Waals surface area contributed by atoms with Crippen LogP contribution in [0.25, 0.3) is 0 Å². The Kier molecular flexibility index (Phi) is 3.73. The Hall–Kier alpha value is -1.50. The van der Waals surface area contributed by atoms with Gasteiger partial charge in [0.1, 0.15) is 11.6 Å². The summed E-state index contributed by atoms with van der Waals surface area (Å²) in [6, 6.07) is 0. The molecule has 1 rings (SSSR count). The highest BCUT2D eigenvalue weighted by molar-refractivity contribution is 7.84. The molecule has 7 heteroatoms. The number of nitrogens with zero attached hydrogens (tertiary/aromatic N) is 2. The number of hydrogen-bond acceptors (Lipinski definition) is 6. The Balaban J connectivity index is 3.31. The highest BCUT2D eigenvalue weighted by Crippen LogP contribution is 2.17. The van der Waals surface area contributed by atoms with Gasteiger partial charge in [-0.3, -0.25) is 4.21 Å². The summed E-state index contributed by atoms with van der Waals surface area (Å²) < 4.78 is 11.2. The minimum Gasteiger partial charge on any atom is -0.383 e. The van der Waals surface area contributed by atoms with Gasteiger partial charge in [-0.15, -0.1) is 0 Å². The predicted octanol–water partition coefficient (Wildman–Crippen LogP) is 0.226. The molecular formula is C8H13N5OS. The number of nitrogens with two attached hydrogens (primary N) is 1. The van der Waals surface area contributed by atoms with Crippen LogP contribution in [0.1, 0.15) is 12.5 Å². The Bertz CT molecular complexity index is 406. The standard InChI is InChI=1S/C8H13N5OS/c1-3-11-7-5(4-9)6(10)12-8(13-7)15(2)14/h4,9H,3H2,1-2H3,(H3,10,11,12,13). The topological polar surface area (TPSA) is 105 Å². The number of nitrogen functional groups attached to an aromatic ring is 1. The first-order valence-corrected chi connectivity index (χ1v) is 5.91. The molecule has 0 bridgehead atoms. The van der Waals surface area contributed by atoms with E-state index in [0.29, 0.717) is 17.9 Å². The average molecular weight is 227 g/mol. The van der Waals surface area contributed by atoms with Crippen LogP contribution in [0.5, 0.6) is 0 Å². The Morgan fingerprint density at radius 1 is 1.60 bits per heavy atom. The summed E-state index contributed by atoms with van der Waals surface area (Å²) in [5, 5.41) is 10.3. The van der Waals surface area contributed by atoms with E-state index in [9.17, 15) is 4.21 Å². The van der Waals surface area contributed by atoms with Gasteiger partial charge in [0.15, 0.2) is 0 Å². The molecule has 1 atom stereocenters. The molecule has 0 fully saturated rings. The fourth-order valence-corrected chi connectivity index (χ4v) is 1.49. The van der Waals surface area contributed by atoms with Crippen LogP contribution in [0.4, 0.5) is 11.6 Å². The van der Waals surface area contributed by atoms with E-state index in [1.54, 1.807) is 0 Å². The van der Waals surface area contributed by atoms with Gasteiger partial charge < -0.3 is 16.5 Å². The predicted molar refractivity (Wildman–Crippen MR) is 60.8 cm³/mol. The van der Waals surface area contributed by atoms with E-state index >= 15 is 0 Å². The molecule has 6 nitrogen and oxygen atoms in total. The molecule has 0 aliphatic rings. The monoisotopic (exact) mass is 227 g/mol. The van der Waals surface area contributed by atoms with E-state index in [4.69, 9.17) is 11.1 Å². The maximum absolute atomic E-state index is 11.2. The first kappa shape index (κ1) is 11.6. The molecule has 0 amide bonds. The van der Waals surface area contributed by atoms with E-state index < -0.39 is 10.8 Å². The van der Waals surface area contributed by atoms with Crippen molar-refractivity contribution in [3.63, 3.8) is 0 Å². The molecule has 0 saturated carbocycles. The largest absolute Gasteiger partial charge is 0.383 e. The molecule has 1 unspecified atom stereocenters. The number of hydrogen-bond donors (Lipinski definition) is 3. The highest BCUT2D eigenvalue weighted by atomic mass is 32.2. The van der Waals surface area contributed by atoms with Crippen molar-refractivity contribution in [1.82, 2.24) is 9.97 Å². The van der Waals surface area contributed by atoms with Crippen LogP contribution in [0, 0.1) is 5.41 Å². The molecule has 1 aromatic heterocycles. The van der Waals surface area contributed by atoms with Crippen molar-refractivity contribution in [2.45, 2.75) is 12.1 Å². The minimum absolute atomic E-state index is 0.168. The third-order valence-electron chi connectivity index (χ3n) is 1.70. The number of nitrogens with one attached hydrogen (secondary N) is 2. The molecule has 0 saturated heterocycles. The minimum atomic E-state index is -1.28. The molecular weight excluding hydrogens is 214 g/mol. The molecule has 1 aromatic rings. The van der Waals surface area contributed by atoms with Crippen LogP contribution in [-0.4, -0.2) is 33.2 Å². The zero-order valence-electron chi connectivity index (χ0n) is 8.57. The third kappa shape index (κ3) is 2.50. The molecule has 0 spiro atoms. The Morgan fingerprint density at radius 2 is 2.27 bits per heavy atom. The van der Waals surface area contributed by atoms with E-state index in [-0.39, 0.29) is 11.0 Å². The van der Waals surface area contributed by atoms with Crippen LogP contribution < -0.4 is 11.1 Å². The van der Waals surface area contributed by atoms with Crippen molar-refractivity contribution in [3.05, 3.63) is 5.56 Å². The van der Waals surface area contributed by atoms with Crippen molar-refractivity contribution in [1.29, 1.82) is 5.41 Å². The summed E-state index contributed by atoms with van der Waals surface area (Å²) in [6.45, 7) is 2.54. The van der Waals surface area contributed by atoms with Crippen molar-refractivity contribution in [2.75, 3.05) is 23.9 Å². The summed E-state index contributed by atoms with van der Waals surface area (Å²) in [5.74, 6) is 0.617. The Morgan fingerprint density at radius 3 is 2.73 bits per heavy atom. The highest BCUT2D eigenvalue weighted by Gasteiger charge is 2.11. The second-order valence-electron chi connectivity index (χ2n) is 2.78. The van der Waals surface area contributed by atoms with Crippen LogP contribution in [0.2, 0.25) is 0 Å². The lowest BCUT2D eigenvalue weighted by atomic mass is 10.3. The lowest BCUT2D eigenvalue weighted by Gasteiger charge is -2.09. The van der Waals surface area contributed by atoms with Crippen LogP contribution in [-0.2, 0) is 10.8 Å². The van der Waals surface area contributed by atoms with Crippen LogP contribution >= 0.6 is 0 Å². The molecule has 0 radical (unpaired) electrons. The van der Waals surface area contributed by atoms with Gasteiger partial charge in [0.05, 0.1) is 16.4 Å². The molecule has 82 valence electrons. The molecule has 15 heavy (non-hydrogen) atoms. The summed E-state index contributed by atoms with van der Waals surface area (Å²) >= 11 is 0. The van der Waals surface area contributed by atoms with Crippen molar-refractivity contribution in [3.8, 4) is 0 Å². The number of aromatic nitrogens is 2. The molecule has 0 aromatic carbocycles. The normalized spacial score (nSPS) is 12.1. The fraction of sp³-hybridized carbons (Fsp3) is 0.375. The number of rotatable bonds is 4. The van der Waals surface area contributed by atoms with Gasteiger partial charge >= 0.3 is 0 Å². The zero-order valence-corrected chi connectivity index (χ0v) is 9.39. The van der Waals surface area contributed by atoms with E-state index in [1.165, 1.54) is 6.26 Å².